The van der Waals surface area contributed by atoms with Crippen LogP contribution in [0.3, 0.4) is 0 Å². The van der Waals surface area contributed by atoms with E-state index in [0.29, 0.717) is 0 Å². The molecule has 1 aliphatic carbocycles. The Morgan fingerprint density at radius 2 is 2.09 bits per heavy atom. The van der Waals surface area contributed by atoms with Crippen molar-refractivity contribution in [3.8, 4) is 0 Å². The van der Waals surface area contributed by atoms with Gasteiger partial charge in [0.25, 0.3) is 5.91 Å². The first-order valence-electron chi connectivity index (χ1n) is 8.32. The van der Waals surface area contributed by atoms with Crippen molar-refractivity contribution in [1.82, 2.24) is 10.0 Å². The maximum atomic E-state index is 12.3. The van der Waals surface area contributed by atoms with Gasteiger partial charge >= 0.3 is 0 Å². The fourth-order valence-corrected chi connectivity index (χ4v) is 3.74. The van der Waals surface area contributed by atoms with Crippen molar-refractivity contribution in [2.75, 3.05) is 0 Å². The van der Waals surface area contributed by atoms with Crippen LogP contribution in [-0.2, 0) is 17.6 Å². The summed E-state index contributed by atoms with van der Waals surface area (Å²) in [6, 6.07) is 8.02. The minimum Gasteiger partial charge on any atom is -0.332 e. The number of nitrogens with one attached hydrogen (secondary N) is 1. The number of carbonyl (C=O) groups is 1. The molecule has 0 saturated carbocycles. The van der Waals surface area contributed by atoms with Gasteiger partial charge in [0.05, 0.1) is 0 Å². The van der Waals surface area contributed by atoms with Crippen LogP contribution in [-0.4, -0.2) is 15.7 Å². The summed E-state index contributed by atoms with van der Waals surface area (Å²) in [4.78, 5) is 12.3. The van der Waals surface area contributed by atoms with Crippen molar-refractivity contribution in [3.63, 3.8) is 0 Å². The monoisotopic (exact) mass is 300 g/mol. The Bertz CT molecular complexity index is 675. The summed E-state index contributed by atoms with van der Waals surface area (Å²) in [5, 5.41) is 10.4. The predicted molar refractivity (Wildman–Crippen MR) is 87.1 cm³/mol. The summed E-state index contributed by atoms with van der Waals surface area (Å²) < 4.78 is 2.19. The number of unbranched alkanes of at least 4 members (excludes halogenated alkanes) is 1. The molecule has 0 radical (unpaired) electrons. The van der Waals surface area contributed by atoms with Gasteiger partial charge in [-0.05, 0) is 43.7 Å². The number of hydroxylamine groups is 1. The van der Waals surface area contributed by atoms with Crippen LogP contribution in [0.5, 0.6) is 0 Å². The lowest BCUT2D eigenvalue weighted by atomic mass is 9.95. The number of amides is 1. The fraction of sp³-hybridized carbons (Fsp3) is 0.500. The normalized spacial score (nSPS) is 15.5. The van der Waals surface area contributed by atoms with E-state index in [4.69, 9.17) is 5.21 Å². The van der Waals surface area contributed by atoms with Crippen LogP contribution in [0, 0.1) is 0 Å². The highest BCUT2D eigenvalue weighted by atomic mass is 16.5. The number of aromatic nitrogens is 1. The molecular formula is C18H24N2O2. The Morgan fingerprint density at radius 3 is 2.86 bits per heavy atom. The number of rotatable bonds is 5. The second-order valence-corrected chi connectivity index (χ2v) is 6.15. The van der Waals surface area contributed by atoms with Gasteiger partial charge < -0.3 is 4.57 Å². The topological polar surface area (TPSA) is 54.3 Å². The molecule has 4 nitrogen and oxygen atoms in total. The minimum absolute atomic E-state index is 0.303. The van der Waals surface area contributed by atoms with Crippen molar-refractivity contribution < 1.29 is 10.0 Å². The van der Waals surface area contributed by atoms with Crippen LogP contribution in [0.2, 0.25) is 0 Å². The molecule has 0 bridgehead atoms. The summed E-state index contributed by atoms with van der Waals surface area (Å²) in [5.41, 5.74) is 5.68. The SMILES string of the molecule is CCCCC(C(=O)NO)n1c2c(c3ccccc31)CCCC2. The number of hydrogen-bond acceptors (Lipinski definition) is 2. The maximum Gasteiger partial charge on any atom is 0.266 e. The summed E-state index contributed by atoms with van der Waals surface area (Å²) in [6.07, 6.45) is 7.26. The van der Waals surface area contributed by atoms with Crippen molar-refractivity contribution >= 4 is 16.8 Å². The standard InChI is InChI=1S/C18H24N2O2/c1-2-3-10-17(18(21)19-22)20-15-11-6-4-8-13(15)14-9-5-7-12-16(14)20/h4,6,8,11,17,22H,2-3,5,7,9-10,12H2,1H3,(H,19,21). The number of hydrogen-bond donors (Lipinski definition) is 2. The third-order valence-corrected chi connectivity index (χ3v) is 4.77. The van der Waals surface area contributed by atoms with E-state index in [9.17, 15) is 4.79 Å². The van der Waals surface area contributed by atoms with Gasteiger partial charge in [0.1, 0.15) is 6.04 Å². The van der Waals surface area contributed by atoms with Crippen molar-refractivity contribution in [1.29, 1.82) is 0 Å². The predicted octanol–water partition coefficient (Wildman–Crippen LogP) is 3.76. The second kappa shape index (κ2) is 6.53. The molecule has 0 spiro atoms. The number of fused-ring (bicyclic) bond motifs is 3. The highest BCUT2D eigenvalue weighted by Crippen LogP contribution is 2.35. The first-order valence-corrected chi connectivity index (χ1v) is 8.32. The zero-order valence-electron chi connectivity index (χ0n) is 13.1. The van der Waals surface area contributed by atoms with Crippen molar-refractivity contribution in [2.24, 2.45) is 0 Å². The molecule has 0 fully saturated rings. The van der Waals surface area contributed by atoms with E-state index in [0.717, 1.165) is 37.6 Å². The van der Waals surface area contributed by atoms with Gasteiger partial charge in [-0.25, -0.2) is 5.48 Å². The van der Waals surface area contributed by atoms with Crippen LogP contribution in [0.1, 0.15) is 56.3 Å². The lowest BCUT2D eigenvalue weighted by Gasteiger charge is -2.23. The second-order valence-electron chi connectivity index (χ2n) is 6.15. The van der Waals surface area contributed by atoms with Gasteiger partial charge in [-0.3, -0.25) is 10.0 Å². The largest absolute Gasteiger partial charge is 0.332 e. The molecule has 2 N–H and O–H groups in total. The van der Waals surface area contributed by atoms with Gasteiger partial charge in [-0.15, -0.1) is 0 Å². The average Bonchev–Trinajstić information content (AvgIpc) is 2.90. The molecule has 1 aromatic heterocycles. The van der Waals surface area contributed by atoms with E-state index >= 15 is 0 Å². The molecule has 1 heterocycles. The molecule has 118 valence electrons. The van der Waals surface area contributed by atoms with Gasteiger partial charge in [-0.2, -0.15) is 0 Å². The minimum atomic E-state index is -0.322. The highest BCUT2D eigenvalue weighted by Gasteiger charge is 2.27. The van der Waals surface area contributed by atoms with Gasteiger partial charge in [0, 0.05) is 16.6 Å². The van der Waals surface area contributed by atoms with Crippen LogP contribution in [0.4, 0.5) is 0 Å². The average molecular weight is 300 g/mol. The van der Waals surface area contributed by atoms with E-state index in [2.05, 4.69) is 29.7 Å². The number of aryl methyl sites for hydroxylation is 1. The number of para-hydroxylation sites is 1. The molecular weight excluding hydrogens is 276 g/mol. The Kier molecular flexibility index (Phi) is 4.48. The van der Waals surface area contributed by atoms with E-state index in [-0.39, 0.29) is 11.9 Å². The summed E-state index contributed by atoms with van der Waals surface area (Å²) in [6.45, 7) is 2.12. The lowest BCUT2D eigenvalue weighted by molar-refractivity contribution is -0.132. The molecule has 1 aliphatic rings. The smallest absolute Gasteiger partial charge is 0.266 e. The Labute approximate surface area is 131 Å². The molecule has 1 atom stereocenters. The van der Waals surface area contributed by atoms with Crippen LogP contribution >= 0.6 is 0 Å². The zero-order valence-corrected chi connectivity index (χ0v) is 13.1. The third kappa shape index (κ3) is 2.52. The van der Waals surface area contributed by atoms with E-state index in [1.165, 1.54) is 29.5 Å². The van der Waals surface area contributed by atoms with E-state index in [1.807, 2.05) is 11.5 Å². The molecule has 3 rings (SSSR count). The molecule has 0 saturated heterocycles. The van der Waals surface area contributed by atoms with Crippen LogP contribution in [0.25, 0.3) is 10.9 Å². The highest BCUT2D eigenvalue weighted by molar-refractivity contribution is 5.89. The Morgan fingerprint density at radius 1 is 1.32 bits per heavy atom. The van der Waals surface area contributed by atoms with Crippen molar-refractivity contribution in [2.45, 2.75) is 57.9 Å². The van der Waals surface area contributed by atoms with Gasteiger partial charge in [-0.1, -0.05) is 38.0 Å². The number of nitrogens with zero attached hydrogens (tertiary/aromatic N) is 1. The third-order valence-electron chi connectivity index (χ3n) is 4.77. The molecule has 1 aromatic carbocycles. The Hall–Kier alpha value is -1.81. The Balaban J connectivity index is 2.16. The van der Waals surface area contributed by atoms with Gasteiger partial charge in [0.2, 0.25) is 0 Å². The summed E-state index contributed by atoms with van der Waals surface area (Å²) >= 11 is 0. The van der Waals surface area contributed by atoms with E-state index < -0.39 is 0 Å². The van der Waals surface area contributed by atoms with Crippen LogP contribution < -0.4 is 5.48 Å². The first-order chi connectivity index (χ1) is 10.8. The molecule has 1 amide bonds. The molecule has 0 aliphatic heterocycles. The van der Waals surface area contributed by atoms with Crippen LogP contribution in [0.15, 0.2) is 24.3 Å². The summed E-state index contributed by atoms with van der Waals surface area (Å²) in [7, 11) is 0. The maximum absolute atomic E-state index is 12.3. The zero-order chi connectivity index (χ0) is 15.5. The molecule has 4 heteroatoms. The summed E-state index contributed by atoms with van der Waals surface area (Å²) in [5.74, 6) is -0.303. The lowest BCUT2D eigenvalue weighted by Crippen LogP contribution is -2.31. The number of carbonyl (C=O) groups excluding carboxylic acids is 1. The molecule has 22 heavy (non-hydrogen) atoms. The number of benzene rings is 1. The molecule has 1 unspecified atom stereocenters. The van der Waals surface area contributed by atoms with Crippen molar-refractivity contribution in [3.05, 3.63) is 35.5 Å². The quantitative estimate of drug-likeness (QED) is 0.652. The van der Waals surface area contributed by atoms with Gasteiger partial charge in [0.15, 0.2) is 0 Å². The molecule has 2 aromatic rings. The first kappa shape index (κ1) is 15.1. The fourth-order valence-electron chi connectivity index (χ4n) is 3.74. The van der Waals surface area contributed by atoms with E-state index in [1.54, 1.807) is 0 Å².